The van der Waals surface area contributed by atoms with E-state index in [0.29, 0.717) is 12.0 Å². The Morgan fingerprint density at radius 2 is 2.20 bits per heavy atom. The zero-order chi connectivity index (χ0) is 11.1. The van der Waals surface area contributed by atoms with Gasteiger partial charge in [0.1, 0.15) is 0 Å². The van der Waals surface area contributed by atoms with Crippen molar-refractivity contribution in [3.63, 3.8) is 0 Å². The fourth-order valence-corrected chi connectivity index (χ4v) is 1.28. The third kappa shape index (κ3) is 4.08. The van der Waals surface area contributed by atoms with E-state index in [0.717, 1.165) is 6.42 Å². The maximum Gasteiger partial charge on any atom is 0.251 e. The van der Waals surface area contributed by atoms with Gasteiger partial charge in [0.2, 0.25) is 0 Å². The van der Waals surface area contributed by atoms with Crippen LogP contribution in [-0.4, -0.2) is 28.6 Å². The quantitative estimate of drug-likeness (QED) is 0.758. The molecule has 1 aromatic rings. The van der Waals surface area contributed by atoms with E-state index in [2.05, 4.69) is 10.3 Å². The Labute approximate surface area is 89.3 Å². The number of aliphatic hydroxyl groups excluding tert-OH is 1. The fraction of sp³-hybridized carbons (Fsp3) is 0.455. The van der Waals surface area contributed by atoms with Gasteiger partial charge in [0.05, 0.1) is 0 Å². The minimum absolute atomic E-state index is 0.0813. The summed E-state index contributed by atoms with van der Waals surface area (Å²) < 4.78 is 0. The van der Waals surface area contributed by atoms with Crippen LogP contribution in [0, 0.1) is 0 Å². The number of hydrogen-bond donors (Lipinski definition) is 2. The number of hydrogen-bond acceptors (Lipinski definition) is 3. The summed E-state index contributed by atoms with van der Waals surface area (Å²) in [4.78, 5) is 15.5. The highest BCUT2D eigenvalue weighted by Crippen LogP contribution is 2.00. The zero-order valence-corrected chi connectivity index (χ0v) is 8.81. The minimum Gasteiger partial charge on any atom is -0.396 e. The van der Waals surface area contributed by atoms with E-state index >= 15 is 0 Å². The summed E-state index contributed by atoms with van der Waals surface area (Å²) in [5.74, 6) is -0.0946. The second kappa shape index (κ2) is 6.14. The summed E-state index contributed by atoms with van der Waals surface area (Å²) in [5, 5.41) is 11.5. The van der Waals surface area contributed by atoms with Gasteiger partial charge in [-0.15, -0.1) is 0 Å². The normalized spacial score (nSPS) is 12.1. The van der Waals surface area contributed by atoms with Crippen LogP contribution in [0.5, 0.6) is 0 Å². The van der Waals surface area contributed by atoms with E-state index in [1.807, 2.05) is 6.92 Å². The van der Waals surface area contributed by atoms with Crippen LogP contribution < -0.4 is 5.32 Å². The van der Waals surface area contributed by atoms with E-state index in [9.17, 15) is 4.79 Å². The van der Waals surface area contributed by atoms with Crippen LogP contribution in [-0.2, 0) is 0 Å². The van der Waals surface area contributed by atoms with Crippen molar-refractivity contribution >= 4 is 5.91 Å². The first-order chi connectivity index (χ1) is 7.24. The third-order valence-corrected chi connectivity index (χ3v) is 2.12. The first-order valence-corrected chi connectivity index (χ1v) is 5.06. The van der Waals surface area contributed by atoms with Gasteiger partial charge in [-0.3, -0.25) is 9.78 Å². The van der Waals surface area contributed by atoms with Crippen LogP contribution in [0.3, 0.4) is 0 Å². The van der Waals surface area contributed by atoms with Crippen LogP contribution in [0.4, 0.5) is 0 Å². The van der Waals surface area contributed by atoms with Crippen molar-refractivity contribution in [2.75, 3.05) is 6.61 Å². The number of carbonyl (C=O) groups is 1. The van der Waals surface area contributed by atoms with Crippen LogP contribution in [0.2, 0.25) is 0 Å². The molecule has 1 rings (SSSR count). The summed E-state index contributed by atoms with van der Waals surface area (Å²) in [6.45, 7) is 2.09. The summed E-state index contributed by atoms with van der Waals surface area (Å²) in [6, 6.07) is 3.43. The lowest BCUT2D eigenvalue weighted by Gasteiger charge is -2.12. The van der Waals surface area contributed by atoms with Crippen LogP contribution >= 0.6 is 0 Å². The van der Waals surface area contributed by atoms with Gasteiger partial charge in [-0.05, 0) is 31.9 Å². The molecule has 1 atom stereocenters. The van der Waals surface area contributed by atoms with E-state index in [4.69, 9.17) is 5.11 Å². The smallest absolute Gasteiger partial charge is 0.251 e. The number of nitrogens with one attached hydrogen (secondary N) is 1. The largest absolute Gasteiger partial charge is 0.396 e. The van der Waals surface area contributed by atoms with Crippen molar-refractivity contribution in [1.29, 1.82) is 0 Å². The predicted molar refractivity (Wildman–Crippen MR) is 57.5 cm³/mol. The molecular formula is C11H16N2O2. The highest BCUT2D eigenvalue weighted by Gasteiger charge is 2.08. The second-order valence-electron chi connectivity index (χ2n) is 3.48. The first-order valence-electron chi connectivity index (χ1n) is 5.06. The molecule has 0 saturated heterocycles. The van der Waals surface area contributed by atoms with Crippen molar-refractivity contribution in [2.45, 2.75) is 25.8 Å². The van der Waals surface area contributed by atoms with Crippen molar-refractivity contribution in [2.24, 2.45) is 0 Å². The van der Waals surface area contributed by atoms with Gasteiger partial charge in [0.25, 0.3) is 5.91 Å². The Balaban J connectivity index is 2.42. The SMILES string of the molecule is CC(CCCO)NC(=O)c1ccncc1. The van der Waals surface area contributed by atoms with Crippen LogP contribution in [0.25, 0.3) is 0 Å². The molecule has 0 aliphatic heterocycles. The fourth-order valence-electron chi connectivity index (χ4n) is 1.28. The standard InChI is InChI=1S/C11H16N2O2/c1-9(3-2-8-14)13-11(15)10-4-6-12-7-5-10/h4-7,9,14H,2-3,8H2,1H3,(H,13,15). The van der Waals surface area contributed by atoms with Gasteiger partial charge in [0.15, 0.2) is 0 Å². The van der Waals surface area contributed by atoms with Crippen LogP contribution in [0.1, 0.15) is 30.1 Å². The van der Waals surface area contributed by atoms with Crippen molar-refractivity contribution in [3.05, 3.63) is 30.1 Å². The lowest BCUT2D eigenvalue weighted by molar-refractivity contribution is 0.0936. The highest BCUT2D eigenvalue weighted by atomic mass is 16.2. The Morgan fingerprint density at radius 3 is 2.80 bits per heavy atom. The Bertz CT molecular complexity index is 301. The Kier molecular flexibility index (Phi) is 4.77. The summed E-state index contributed by atoms with van der Waals surface area (Å²) in [6.07, 6.45) is 4.67. The molecule has 1 heterocycles. The molecule has 0 radical (unpaired) electrons. The molecule has 0 saturated carbocycles. The molecule has 4 nitrogen and oxygen atoms in total. The molecule has 0 spiro atoms. The molecule has 0 aromatic carbocycles. The van der Waals surface area contributed by atoms with E-state index in [1.165, 1.54) is 0 Å². The molecule has 15 heavy (non-hydrogen) atoms. The van der Waals surface area contributed by atoms with Gasteiger partial charge in [-0.25, -0.2) is 0 Å². The van der Waals surface area contributed by atoms with Crippen molar-refractivity contribution < 1.29 is 9.90 Å². The number of pyridine rings is 1. The van der Waals surface area contributed by atoms with Gasteiger partial charge in [-0.1, -0.05) is 0 Å². The molecule has 0 aliphatic rings. The average Bonchev–Trinajstić information content (AvgIpc) is 2.27. The molecular weight excluding hydrogens is 192 g/mol. The number of aromatic nitrogens is 1. The van der Waals surface area contributed by atoms with Gasteiger partial charge < -0.3 is 10.4 Å². The van der Waals surface area contributed by atoms with Gasteiger partial charge in [0, 0.05) is 30.6 Å². The number of amides is 1. The molecule has 1 aromatic heterocycles. The maximum atomic E-state index is 11.6. The van der Waals surface area contributed by atoms with Gasteiger partial charge in [-0.2, -0.15) is 0 Å². The molecule has 4 heteroatoms. The topological polar surface area (TPSA) is 62.2 Å². The third-order valence-electron chi connectivity index (χ3n) is 2.12. The summed E-state index contributed by atoms with van der Waals surface area (Å²) in [5.41, 5.74) is 0.612. The Morgan fingerprint density at radius 1 is 1.53 bits per heavy atom. The van der Waals surface area contributed by atoms with Gasteiger partial charge >= 0.3 is 0 Å². The Hall–Kier alpha value is -1.42. The van der Waals surface area contributed by atoms with Crippen molar-refractivity contribution in [1.82, 2.24) is 10.3 Å². The second-order valence-corrected chi connectivity index (χ2v) is 3.48. The molecule has 0 bridgehead atoms. The lowest BCUT2D eigenvalue weighted by atomic mass is 10.1. The van der Waals surface area contributed by atoms with E-state index in [-0.39, 0.29) is 18.6 Å². The number of nitrogens with zero attached hydrogens (tertiary/aromatic N) is 1. The molecule has 1 unspecified atom stereocenters. The molecule has 0 aliphatic carbocycles. The van der Waals surface area contributed by atoms with E-state index in [1.54, 1.807) is 24.5 Å². The first kappa shape index (κ1) is 11.7. The van der Waals surface area contributed by atoms with E-state index < -0.39 is 0 Å². The van der Waals surface area contributed by atoms with Crippen molar-refractivity contribution in [3.8, 4) is 0 Å². The summed E-state index contributed by atoms with van der Waals surface area (Å²) in [7, 11) is 0. The molecule has 1 amide bonds. The predicted octanol–water partition coefficient (Wildman–Crippen LogP) is 0.972. The zero-order valence-electron chi connectivity index (χ0n) is 8.81. The van der Waals surface area contributed by atoms with Crippen LogP contribution in [0.15, 0.2) is 24.5 Å². The number of carbonyl (C=O) groups excluding carboxylic acids is 1. The highest BCUT2D eigenvalue weighted by molar-refractivity contribution is 5.94. The minimum atomic E-state index is -0.0946. The monoisotopic (exact) mass is 208 g/mol. The maximum absolute atomic E-state index is 11.6. The molecule has 82 valence electrons. The number of rotatable bonds is 5. The molecule has 2 N–H and O–H groups in total. The average molecular weight is 208 g/mol. The lowest BCUT2D eigenvalue weighted by Crippen LogP contribution is -2.32. The summed E-state index contributed by atoms with van der Waals surface area (Å²) >= 11 is 0. The number of aliphatic hydroxyl groups is 1. The molecule has 0 fully saturated rings.